The quantitative estimate of drug-likeness (QED) is 0.0276. The Morgan fingerprint density at radius 2 is 1.11 bits per heavy atom. The van der Waals surface area contributed by atoms with E-state index in [4.69, 9.17) is 10.8 Å². The van der Waals surface area contributed by atoms with Crippen LogP contribution in [0.3, 0.4) is 0 Å². The van der Waals surface area contributed by atoms with Crippen LogP contribution in [0.15, 0.2) is 24.3 Å². The molecule has 506 valence electrons. The Bertz CT molecular complexity index is 2850. The van der Waals surface area contributed by atoms with Crippen LogP contribution in [0.1, 0.15) is 124 Å². The van der Waals surface area contributed by atoms with E-state index in [1.807, 2.05) is 6.92 Å². The summed E-state index contributed by atoms with van der Waals surface area (Å²) in [6.07, 6.45) is -1.35. The molecule has 0 radical (unpaired) electrons. The van der Waals surface area contributed by atoms with Crippen molar-refractivity contribution in [1.82, 2.24) is 58.1 Å². The van der Waals surface area contributed by atoms with Crippen LogP contribution >= 0.6 is 0 Å². The van der Waals surface area contributed by atoms with Crippen LogP contribution in [0.25, 0.3) is 0 Å². The highest BCUT2D eigenvalue weighted by atomic mass is 32.2. The lowest BCUT2D eigenvalue weighted by molar-refractivity contribution is -0.144. The molecule has 91 heavy (non-hydrogen) atoms. The van der Waals surface area contributed by atoms with Gasteiger partial charge in [0.15, 0.2) is 0 Å². The maximum absolute atomic E-state index is 14.4. The fraction of sp³-hybridized carbons (Fsp3) is 0.621. The van der Waals surface area contributed by atoms with E-state index >= 15 is 0 Å². The largest absolute Gasteiger partial charge is 0.481 e. The predicted molar refractivity (Wildman–Crippen MR) is 324 cm³/mol. The average Bonchev–Trinajstić information content (AvgIpc) is 1.86. The number of aliphatic hydroxyl groups excluding tert-OH is 1. The van der Waals surface area contributed by atoms with E-state index in [-0.39, 0.29) is 57.2 Å². The number of carboxylic acid groups (broad SMARTS) is 2. The minimum atomic E-state index is -1.68. The Hall–Kier alpha value is -8.75. The fourth-order valence-corrected chi connectivity index (χ4v) is 9.90. The third-order valence-corrected chi connectivity index (χ3v) is 15.1. The molecule has 0 bridgehead atoms. The topological polar surface area (TPSA) is 500 Å². The van der Waals surface area contributed by atoms with Crippen molar-refractivity contribution in [2.24, 2.45) is 17.6 Å². The van der Waals surface area contributed by atoms with Crippen molar-refractivity contribution in [3.8, 4) is 0 Å². The van der Waals surface area contributed by atoms with Crippen molar-refractivity contribution in [1.29, 1.82) is 0 Å². The van der Waals surface area contributed by atoms with Crippen molar-refractivity contribution >= 4 is 105 Å². The Morgan fingerprint density at radius 1 is 0.615 bits per heavy atom. The summed E-state index contributed by atoms with van der Waals surface area (Å²) in [5.74, 6) is -17.7. The Morgan fingerprint density at radius 3 is 1.62 bits per heavy atom. The average molecular weight is 1310 g/mol. The van der Waals surface area contributed by atoms with Crippen LogP contribution in [0.2, 0.25) is 0 Å². The molecule has 0 aromatic heterocycles. The Labute approximate surface area is 528 Å². The number of primary amides is 1. The second-order valence-corrected chi connectivity index (χ2v) is 24.3. The zero-order valence-corrected chi connectivity index (χ0v) is 53.4. The molecule has 0 saturated carbocycles. The van der Waals surface area contributed by atoms with E-state index in [0.717, 1.165) is 19.4 Å². The number of nitrogens with two attached hydrogens (primary N) is 1. The number of nitrogens with zero attached hydrogens (tertiary/aromatic N) is 1. The zero-order chi connectivity index (χ0) is 69.0. The van der Waals surface area contributed by atoms with Crippen LogP contribution in [-0.2, 0) is 93.9 Å². The zero-order valence-electron chi connectivity index (χ0n) is 52.6. The predicted octanol–water partition coefficient (Wildman–Crippen LogP) is -4.34. The van der Waals surface area contributed by atoms with Gasteiger partial charge in [-0.2, -0.15) is 0 Å². The fourth-order valence-electron chi connectivity index (χ4n) is 9.34. The Kier molecular flexibility index (Phi) is 33.3. The van der Waals surface area contributed by atoms with Crippen molar-refractivity contribution in [3.05, 3.63) is 35.4 Å². The van der Waals surface area contributed by atoms with E-state index in [0.29, 0.717) is 5.56 Å². The molecule has 0 spiro atoms. The van der Waals surface area contributed by atoms with Gasteiger partial charge in [-0.15, -0.1) is 0 Å². The highest BCUT2D eigenvalue weighted by Crippen LogP contribution is 2.22. The summed E-state index contributed by atoms with van der Waals surface area (Å²) >= 11 is 0. The number of rotatable bonds is 40. The van der Waals surface area contributed by atoms with Gasteiger partial charge in [0.1, 0.15) is 60.2 Å². The maximum atomic E-state index is 14.4. The van der Waals surface area contributed by atoms with Gasteiger partial charge < -0.3 is 79.1 Å². The second-order valence-electron chi connectivity index (χ2n) is 22.8. The van der Waals surface area contributed by atoms with E-state index in [9.17, 15) is 91.1 Å². The molecular weight excluding hydrogens is 1220 g/mol. The molecule has 0 aliphatic carbocycles. The van der Waals surface area contributed by atoms with Crippen LogP contribution in [-0.4, -0.2) is 211 Å². The lowest BCUT2D eigenvalue weighted by Gasteiger charge is -2.33. The second kappa shape index (κ2) is 38.7. The van der Waals surface area contributed by atoms with Crippen LogP contribution < -0.4 is 58.9 Å². The number of aliphatic carboxylic acids is 2. The summed E-state index contributed by atoms with van der Waals surface area (Å²) in [5.41, 5.74) is 6.70. The first-order valence-corrected chi connectivity index (χ1v) is 31.3. The van der Waals surface area contributed by atoms with Crippen LogP contribution in [0, 0.1) is 18.8 Å². The molecule has 1 aliphatic heterocycles. The number of carbonyl (C=O) groups excluding carboxylic acids is 14. The van der Waals surface area contributed by atoms with Crippen LogP contribution in [0.4, 0.5) is 0 Å². The van der Waals surface area contributed by atoms with E-state index in [1.54, 1.807) is 58.9 Å². The lowest BCUT2D eigenvalue weighted by atomic mass is 9.98. The first kappa shape index (κ1) is 78.3. The monoisotopic (exact) mass is 1300 g/mol. The summed E-state index contributed by atoms with van der Waals surface area (Å²) in [4.78, 5) is 211. The normalized spacial score (nSPS) is 16.0. The number of hydrogen-bond donors (Lipinski definition) is 14. The van der Waals surface area contributed by atoms with Crippen LogP contribution in [0.5, 0.6) is 0 Å². The highest BCUT2D eigenvalue weighted by Gasteiger charge is 2.42. The number of Topliss-reactive ketones (excluding diaryl/α,β-unsaturated/α-hetero) is 2. The molecule has 15 N–H and O–H groups in total. The molecule has 33 heteroatoms. The van der Waals surface area contributed by atoms with E-state index < -0.39 is 216 Å². The van der Waals surface area contributed by atoms with E-state index in [1.165, 1.54) is 11.2 Å². The molecule has 11 atom stereocenters. The standard InChI is InChI=1S/C58H88N12O20S/c1-10-12-35(63-55(86)42-13-11-23-70(42)58(89)47(30(4)5)69-56(87)46(29(2)3)68-52(83)37(19-21-45(77)78)64-50(81)36(61-33(8)73)18-20-44(75)76)48(79)57(88)60-27-43(74)62-38(22-24-91(9)90)51(82)65-39(25-32(7)72)53(84)66-40(26-34-16-14-31(6)15-17-34)54(85)67-41(28-71)49(59)80/h14-17,29-30,35-42,46-47,71H,10-13,18-28H2,1-9H3,(H2,59,80)(H,60,88)(H,61,73)(H,62,74)(H,63,86)(H,64,81)(H,65,82)(H,66,84)(H,67,85)(H,68,83)(H,69,87)(H,75,76)(H,77,78)/t35-,36-,37-,38-,39-,40-,41-,42-,46-,47-,91?/m0/s1. The van der Waals surface area contributed by atoms with E-state index in [2.05, 4.69) is 53.2 Å². The third-order valence-electron chi connectivity index (χ3n) is 14.3. The van der Waals surface area contributed by atoms with Crippen molar-refractivity contribution in [2.45, 2.75) is 186 Å². The molecule has 1 aromatic carbocycles. The Balaban J connectivity index is 2.27. The molecule has 12 amide bonds. The molecule has 1 aliphatic rings. The minimum Gasteiger partial charge on any atom is -0.481 e. The summed E-state index contributed by atoms with van der Waals surface area (Å²) in [6.45, 7) is 10.1. The number of likely N-dealkylation sites (tertiary alicyclic amines) is 1. The number of aliphatic hydroxyl groups is 1. The lowest BCUT2D eigenvalue weighted by Crippen LogP contribution is -2.61. The number of aryl methyl sites for hydroxylation is 1. The van der Waals surface area contributed by atoms with Gasteiger partial charge in [-0.05, 0) is 69.8 Å². The number of benzene rings is 1. The molecule has 1 aromatic rings. The van der Waals surface area contributed by atoms with Gasteiger partial charge in [0.2, 0.25) is 70.8 Å². The minimum absolute atomic E-state index is 0.0108. The number of ketones is 2. The SMILES string of the molecule is CCC[C@H](NC(=O)[C@@H]1CCCN1C(=O)[C@@H](NC(=O)[C@@H](NC(=O)[C@H](CCC(=O)O)NC(=O)[C@H](CCC(=O)O)NC(C)=O)C(C)C)C(C)C)C(=O)C(=O)NCC(=O)N[C@@H](CCS(C)=O)C(=O)N[C@@H](CC(C)=O)C(=O)N[C@@H](Cc1ccc(C)cc1)C(=O)N[C@@H](CO)C(N)=O. The van der Waals surface area contributed by atoms with Gasteiger partial charge in [-0.25, -0.2) is 0 Å². The molecule has 2 rings (SSSR count). The number of hydrogen-bond acceptors (Lipinski definition) is 18. The number of carbonyl (C=O) groups is 16. The van der Waals surface area contributed by atoms with Gasteiger partial charge in [-0.1, -0.05) is 70.9 Å². The van der Waals surface area contributed by atoms with Gasteiger partial charge in [0, 0.05) is 62.0 Å². The molecule has 1 fully saturated rings. The first-order chi connectivity index (χ1) is 42.6. The maximum Gasteiger partial charge on any atom is 0.303 e. The number of amides is 12. The van der Waals surface area contributed by atoms with Crippen molar-refractivity contribution < 1.29 is 96.2 Å². The van der Waals surface area contributed by atoms with Crippen molar-refractivity contribution in [2.75, 3.05) is 31.7 Å². The third kappa shape index (κ3) is 27.5. The summed E-state index contributed by atoms with van der Waals surface area (Å²) < 4.78 is 12.2. The molecule has 1 unspecified atom stereocenters. The summed E-state index contributed by atoms with van der Waals surface area (Å²) in [6, 6.07) is -7.95. The van der Waals surface area contributed by atoms with Gasteiger partial charge in [-0.3, -0.25) is 80.9 Å². The number of carboxylic acids is 2. The molecule has 1 heterocycles. The highest BCUT2D eigenvalue weighted by molar-refractivity contribution is 7.84. The molecule has 32 nitrogen and oxygen atoms in total. The number of nitrogens with one attached hydrogen (secondary N) is 10. The summed E-state index contributed by atoms with van der Waals surface area (Å²) in [7, 11) is -1.55. The van der Waals surface area contributed by atoms with Gasteiger partial charge >= 0.3 is 11.9 Å². The smallest absolute Gasteiger partial charge is 0.303 e. The first-order valence-electron chi connectivity index (χ1n) is 29.6. The van der Waals surface area contributed by atoms with Gasteiger partial charge in [0.05, 0.1) is 19.2 Å². The van der Waals surface area contributed by atoms with Gasteiger partial charge in [0.25, 0.3) is 5.91 Å². The summed E-state index contributed by atoms with van der Waals surface area (Å²) in [5, 5.41) is 52.0. The van der Waals surface area contributed by atoms with Crippen molar-refractivity contribution in [3.63, 3.8) is 0 Å². The molecular formula is C58H88N12O20S. The molecule has 1 saturated heterocycles.